The maximum Gasteiger partial charge on any atom is 0.251 e. The van der Waals surface area contributed by atoms with Gasteiger partial charge in [-0.1, -0.05) is 30.8 Å². The van der Waals surface area contributed by atoms with E-state index in [2.05, 4.69) is 15.3 Å². The van der Waals surface area contributed by atoms with Crippen molar-refractivity contribution < 1.29 is 9.18 Å². The fourth-order valence-corrected chi connectivity index (χ4v) is 2.80. The average molecular weight is 349 g/mol. The van der Waals surface area contributed by atoms with Gasteiger partial charge in [-0.05, 0) is 36.3 Å². The van der Waals surface area contributed by atoms with Crippen LogP contribution in [0.1, 0.15) is 24.6 Å². The Morgan fingerprint density at radius 2 is 2.21 bits per heavy atom. The van der Waals surface area contributed by atoms with Crippen LogP contribution in [0.15, 0.2) is 40.3 Å². The first-order valence-corrected chi connectivity index (χ1v) is 8.84. The van der Waals surface area contributed by atoms with E-state index in [9.17, 15) is 14.0 Å². The molecule has 7 heteroatoms. The van der Waals surface area contributed by atoms with Gasteiger partial charge in [-0.25, -0.2) is 9.37 Å². The van der Waals surface area contributed by atoms with E-state index in [1.54, 1.807) is 6.07 Å². The lowest BCUT2D eigenvalue weighted by atomic mass is 9.98. The van der Waals surface area contributed by atoms with Gasteiger partial charge in [-0.2, -0.15) is 0 Å². The van der Waals surface area contributed by atoms with Gasteiger partial charge in [0.1, 0.15) is 5.82 Å². The second-order valence-corrected chi connectivity index (χ2v) is 6.46. The number of rotatable bonds is 7. The molecule has 0 aliphatic carbocycles. The van der Waals surface area contributed by atoms with Crippen LogP contribution in [0.2, 0.25) is 0 Å². The Morgan fingerprint density at radius 3 is 2.92 bits per heavy atom. The predicted octanol–water partition coefficient (Wildman–Crippen LogP) is 2.52. The molecular formula is C17H20FN3O2S. The smallest absolute Gasteiger partial charge is 0.251 e. The Bertz CT molecular complexity index is 763. The normalized spacial score (nSPS) is 12.0. The van der Waals surface area contributed by atoms with Gasteiger partial charge in [0.2, 0.25) is 5.91 Å². The van der Waals surface area contributed by atoms with Crippen LogP contribution < -0.4 is 10.9 Å². The Kier molecular flexibility index (Phi) is 6.54. The molecule has 1 unspecified atom stereocenters. The molecular weight excluding hydrogens is 329 g/mol. The number of nitrogens with one attached hydrogen (secondary N) is 2. The quantitative estimate of drug-likeness (QED) is 0.595. The molecule has 0 fully saturated rings. The number of nitrogens with zero attached hydrogens (tertiary/aromatic N) is 1. The van der Waals surface area contributed by atoms with Crippen molar-refractivity contribution in [2.75, 3.05) is 6.26 Å². The Morgan fingerprint density at radius 1 is 1.42 bits per heavy atom. The van der Waals surface area contributed by atoms with Crippen LogP contribution in [0.5, 0.6) is 0 Å². The van der Waals surface area contributed by atoms with Crippen LogP contribution >= 0.6 is 11.8 Å². The lowest BCUT2D eigenvalue weighted by Crippen LogP contribution is -2.26. The first-order chi connectivity index (χ1) is 11.5. The number of halogens is 1. The van der Waals surface area contributed by atoms with Crippen LogP contribution in [0.25, 0.3) is 0 Å². The van der Waals surface area contributed by atoms with Crippen molar-refractivity contribution in [1.29, 1.82) is 0 Å². The number of aromatic nitrogens is 2. The summed E-state index contributed by atoms with van der Waals surface area (Å²) < 4.78 is 13.2. The molecule has 1 amide bonds. The van der Waals surface area contributed by atoms with Gasteiger partial charge >= 0.3 is 0 Å². The second-order valence-electron chi connectivity index (χ2n) is 5.67. The molecule has 0 spiro atoms. The Labute approximate surface area is 144 Å². The summed E-state index contributed by atoms with van der Waals surface area (Å²) in [7, 11) is 0. The third-order valence-corrected chi connectivity index (χ3v) is 4.02. The summed E-state index contributed by atoms with van der Waals surface area (Å²) in [4.78, 5) is 30.3. The number of hydrogen-bond donors (Lipinski definition) is 2. The summed E-state index contributed by atoms with van der Waals surface area (Å²) >= 11 is 1.33. The van der Waals surface area contributed by atoms with Crippen molar-refractivity contribution >= 4 is 17.7 Å². The highest BCUT2D eigenvalue weighted by molar-refractivity contribution is 7.98. The third-order valence-electron chi connectivity index (χ3n) is 3.44. The minimum absolute atomic E-state index is 0.0840. The van der Waals surface area contributed by atoms with E-state index in [0.29, 0.717) is 23.7 Å². The molecule has 0 aliphatic rings. The number of thioether (sulfide) groups is 1. The molecule has 2 aromatic rings. The lowest BCUT2D eigenvalue weighted by molar-refractivity contribution is -0.122. The molecule has 1 heterocycles. The highest BCUT2D eigenvalue weighted by Crippen LogP contribution is 2.13. The van der Waals surface area contributed by atoms with Crippen molar-refractivity contribution in [3.8, 4) is 0 Å². The molecule has 5 nitrogen and oxygen atoms in total. The van der Waals surface area contributed by atoms with Crippen molar-refractivity contribution in [1.82, 2.24) is 15.3 Å². The van der Waals surface area contributed by atoms with Gasteiger partial charge in [0.25, 0.3) is 5.56 Å². The van der Waals surface area contributed by atoms with Crippen LogP contribution in [0.4, 0.5) is 4.39 Å². The SMILES string of the molecule is CSc1nc(CNC(=O)CC(C)Cc2cccc(F)c2)cc(=O)[nH]1. The van der Waals surface area contributed by atoms with Gasteiger partial charge in [0.15, 0.2) is 5.16 Å². The van der Waals surface area contributed by atoms with Crippen LogP contribution in [-0.4, -0.2) is 22.1 Å². The van der Waals surface area contributed by atoms with Crippen molar-refractivity contribution in [2.45, 2.75) is 31.5 Å². The highest BCUT2D eigenvalue weighted by Gasteiger charge is 2.11. The zero-order valence-corrected chi connectivity index (χ0v) is 14.5. The molecule has 0 saturated carbocycles. The van der Waals surface area contributed by atoms with Gasteiger partial charge in [0.05, 0.1) is 12.2 Å². The highest BCUT2D eigenvalue weighted by atomic mass is 32.2. The van der Waals surface area contributed by atoms with Gasteiger partial charge in [0, 0.05) is 12.5 Å². The topological polar surface area (TPSA) is 74.8 Å². The Hall–Kier alpha value is -2.15. The lowest BCUT2D eigenvalue weighted by Gasteiger charge is -2.12. The number of carbonyl (C=O) groups is 1. The number of aromatic amines is 1. The van der Waals surface area contributed by atoms with Crippen molar-refractivity contribution in [3.63, 3.8) is 0 Å². The summed E-state index contributed by atoms with van der Waals surface area (Å²) in [6.07, 6.45) is 2.77. The fraction of sp³-hybridized carbons (Fsp3) is 0.353. The van der Waals surface area contributed by atoms with Crippen LogP contribution in [0.3, 0.4) is 0 Å². The van der Waals surface area contributed by atoms with Crippen LogP contribution in [-0.2, 0) is 17.8 Å². The number of amides is 1. The van der Waals surface area contributed by atoms with E-state index < -0.39 is 0 Å². The molecule has 24 heavy (non-hydrogen) atoms. The summed E-state index contributed by atoms with van der Waals surface area (Å²) in [5.74, 6) is -0.304. The summed E-state index contributed by atoms with van der Waals surface area (Å²) in [5.41, 5.74) is 1.16. The minimum Gasteiger partial charge on any atom is -0.350 e. The van der Waals surface area contributed by atoms with Crippen molar-refractivity contribution in [3.05, 3.63) is 57.8 Å². The first-order valence-electron chi connectivity index (χ1n) is 7.61. The summed E-state index contributed by atoms with van der Waals surface area (Å²) in [6, 6.07) is 7.77. The third kappa shape index (κ3) is 5.81. The van der Waals surface area contributed by atoms with E-state index in [4.69, 9.17) is 0 Å². The predicted molar refractivity (Wildman–Crippen MR) is 92.4 cm³/mol. The molecule has 0 bridgehead atoms. The Balaban J connectivity index is 1.84. The molecule has 1 aromatic carbocycles. The molecule has 0 aliphatic heterocycles. The van der Waals surface area contributed by atoms with Crippen LogP contribution in [0, 0.1) is 11.7 Å². The maximum absolute atomic E-state index is 13.2. The maximum atomic E-state index is 13.2. The molecule has 1 atom stereocenters. The summed E-state index contributed by atoms with van der Waals surface area (Å²) in [6.45, 7) is 2.16. The molecule has 128 valence electrons. The van der Waals surface area contributed by atoms with E-state index in [1.807, 2.05) is 19.2 Å². The van der Waals surface area contributed by atoms with Gasteiger partial charge < -0.3 is 10.3 Å². The number of hydrogen-bond acceptors (Lipinski definition) is 4. The van der Waals surface area contributed by atoms with E-state index in [0.717, 1.165) is 5.56 Å². The minimum atomic E-state index is -0.269. The number of H-pyrrole nitrogens is 1. The average Bonchev–Trinajstić information content (AvgIpc) is 2.52. The largest absolute Gasteiger partial charge is 0.350 e. The molecule has 1 aromatic heterocycles. The zero-order chi connectivity index (χ0) is 17.5. The first kappa shape index (κ1) is 18.2. The van der Waals surface area contributed by atoms with E-state index >= 15 is 0 Å². The van der Waals surface area contributed by atoms with E-state index in [-0.39, 0.29) is 29.7 Å². The molecule has 0 radical (unpaired) electrons. The second kappa shape index (κ2) is 8.63. The number of benzene rings is 1. The van der Waals surface area contributed by atoms with Crippen molar-refractivity contribution in [2.24, 2.45) is 5.92 Å². The molecule has 2 N–H and O–H groups in total. The fourth-order valence-electron chi connectivity index (χ4n) is 2.39. The van der Waals surface area contributed by atoms with E-state index in [1.165, 1.54) is 30.0 Å². The summed E-state index contributed by atoms with van der Waals surface area (Å²) in [5, 5.41) is 3.29. The zero-order valence-electron chi connectivity index (χ0n) is 13.6. The van der Waals surface area contributed by atoms with Gasteiger partial charge in [-0.15, -0.1) is 0 Å². The van der Waals surface area contributed by atoms with Gasteiger partial charge in [-0.3, -0.25) is 9.59 Å². The number of carbonyl (C=O) groups excluding carboxylic acids is 1. The molecule has 2 rings (SSSR count). The molecule has 0 saturated heterocycles. The standard InChI is InChI=1S/C17H20FN3O2S/c1-11(6-12-4-3-5-13(18)8-12)7-15(22)19-10-14-9-16(23)21-17(20-14)24-2/h3-5,8-9,11H,6-7,10H2,1-2H3,(H,19,22)(H,20,21,23). The monoisotopic (exact) mass is 349 g/mol.